The van der Waals surface area contributed by atoms with E-state index in [2.05, 4.69) is 12.2 Å². The molecule has 0 rings (SSSR count). The molecule has 0 bridgehead atoms. The van der Waals surface area contributed by atoms with Crippen LogP contribution in [0.1, 0.15) is 32.6 Å². The van der Waals surface area contributed by atoms with Crippen molar-refractivity contribution >= 4 is 11.9 Å². The number of carbonyl (C=O) groups is 2. The minimum atomic E-state index is -1.15. The lowest BCUT2D eigenvalue weighted by Gasteiger charge is -2.13. The Hall–Kier alpha value is -1.14. The Balaban J connectivity index is 3.71. The number of amides is 1. The summed E-state index contributed by atoms with van der Waals surface area (Å²) in [5.74, 6) is -1.62. The molecule has 100 valence electrons. The second-order valence-electron chi connectivity index (χ2n) is 3.73. The molecular weight excluding hydrogens is 226 g/mol. The van der Waals surface area contributed by atoms with Crippen LogP contribution >= 0.6 is 0 Å². The van der Waals surface area contributed by atoms with Crippen molar-refractivity contribution in [3.8, 4) is 0 Å². The van der Waals surface area contributed by atoms with Crippen LogP contribution in [0, 0.1) is 0 Å². The number of aliphatic hydroxyl groups excluding tert-OH is 1. The maximum atomic E-state index is 11.3. The summed E-state index contributed by atoms with van der Waals surface area (Å²) < 4.78 is 5.09. The van der Waals surface area contributed by atoms with Crippen LogP contribution in [0.15, 0.2) is 0 Å². The summed E-state index contributed by atoms with van der Waals surface area (Å²) >= 11 is 0. The van der Waals surface area contributed by atoms with Crippen molar-refractivity contribution < 1.29 is 24.5 Å². The lowest BCUT2D eigenvalue weighted by Crippen LogP contribution is -2.43. The van der Waals surface area contributed by atoms with Crippen LogP contribution in [0.5, 0.6) is 0 Å². The normalized spacial score (nSPS) is 12.1. The van der Waals surface area contributed by atoms with Crippen LogP contribution in [-0.2, 0) is 14.3 Å². The number of nitrogens with one attached hydrogen (secondary N) is 1. The highest BCUT2D eigenvalue weighted by molar-refractivity contribution is 5.84. The Kier molecular flexibility index (Phi) is 9.37. The number of rotatable bonds is 10. The third-order valence-corrected chi connectivity index (χ3v) is 2.18. The molecule has 1 amide bonds. The Morgan fingerprint density at radius 3 is 2.59 bits per heavy atom. The first-order valence-corrected chi connectivity index (χ1v) is 5.82. The predicted molar refractivity (Wildman–Crippen MR) is 61.6 cm³/mol. The van der Waals surface area contributed by atoms with Crippen molar-refractivity contribution in [2.24, 2.45) is 0 Å². The zero-order chi connectivity index (χ0) is 13.1. The van der Waals surface area contributed by atoms with Crippen molar-refractivity contribution in [1.82, 2.24) is 5.32 Å². The first kappa shape index (κ1) is 15.9. The molecule has 6 heteroatoms. The van der Waals surface area contributed by atoms with Gasteiger partial charge in [-0.1, -0.05) is 19.8 Å². The molecule has 6 nitrogen and oxygen atoms in total. The molecule has 0 aromatic rings. The number of carboxylic acids is 1. The van der Waals surface area contributed by atoms with Crippen molar-refractivity contribution in [2.75, 3.05) is 19.8 Å². The molecule has 3 N–H and O–H groups in total. The van der Waals surface area contributed by atoms with Gasteiger partial charge < -0.3 is 20.3 Å². The van der Waals surface area contributed by atoms with Crippen LogP contribution < -0.4 is 5.32 Å². The Bertz CT molecular complexity index is 232. The van der Waals surface area contributed by atoms with E-state index in [0.29, 0.717) is 6.61 Å². The molecule has 0 unspecified atom stereocenters. The third kappa shape index (κ3) is 8.65. The average Bonchev–Trinajstić information content (AvgIpc) is 2.28. The number of unbranched alkanes of at least 4 members (excludes halogenated alkanes) is 2. The molecule has 0 aliphatic rings. The zero-order valence-corrected chi connectivity index (χ0v) is 10.1. The largest absolute Gasteiger partial charge is 0.480 e. The van der Waals surface area contributed by atoms with Crippen molar-refractivity contribution in [1.29, 1.82) is 0 Å². The highest BCUT2D eigenvalue weighted by Gasteiger charge is 2.18. The number of hydrogen-bond acceptors (Lipinski definition) is 4. The third-order valence-electron chi connectivity index (χ3n) is 2.18. The second kappa shape index (κ2) is 10.0. The number of carbonyl (C=O) groups excluding carboxylic acids is 1. The van der Waals surface area contributed by atoms with E-state index >= 15 is 0 Å². The Labute approximate surface area is 101 Å². The Morgan fingerprint density at radius 2 is 2.06 bits per heavy atom. The number of hydrogen-bond donors (Lipinski definition) is 3. The maximum absolute atomic E-state index is 11.3. The molecule has 0 fully saturated rings. The standard InChI is InChI=1S/C11H21NO5/c1-2-3-4-7-17-8-10(14)12-9(5-6-13)11(15)16/h9,13H,2-8H2,1H3,(H,12,14)(H,15,16)/t9-/m0/s1. The first-order valence-electron chi connectivity index (χ1n) is 5.82. The van der Waals surface area contributed by atoms with Gasteiger partial charge in [0.2, 0.25) is 5.91 Å². The molecule has 0 saturated carbocycles. The minimum absolute atomic E-state index is 0.00307. The van der Waals surface area contributed by atoms with Crippen LogP contribution in [-0.4, -0.2) is 48.0 Å². The fraction of sp³-hybridized carbons (Fsp3) is 0.818. The summed E-state index contributed by atoms with van der Waals surface area (Å²) in [6.45, 7) is 2.14. The van der Waals surface area contributed by atoms with Gasteiger partial charge in [0.05, 0.1) is 0 Å². The molecule has 0 heterocycles. The van der Waals surface area contributed by atoms with E-state index in [1.807, 2.05) is 0 Å². The summed E-state index contributed by atoms with van der Waals surface area (Å²) in [6.07, 6.45) is 3.01. The van der Waals surface area contributed by atoms with Crippen LogP contribution in [0.4, 0.5) is 0 Å². The SMILES string of the molecule is CCCCCOCC(=O)N[C@@H](CCO)C(=O)O. The van der Waals surface area contributed by atoms with Crippen LogP contribution in [0.3, 0.4) is 0 Å². The van der Waals surface area contributed by atoms with Gasteiger partial charge in [-0.2, -0.15) is 0 Å². The van der Waals surface area contributed by atoms with E-state index in [9.17, 15) is 9.59 Å². The summed E-state index contributed by atoms with van der Waals surface area (Å²) in [5.41, 5.74) is 0. The van der Waals surface area contributed by atoms with E-state index in [0.717, 1.165) is 19.3 Å². The van der Waals surface area contributed by atoms with Crippen LogP contribution in [0.25, 0.3) is 0 Å². The lowest BCUT2D eigenvalue weighted by atomic mass is 10.2. The van der Waals surface area contributed by atoms with Gasteiger partial charge in [0.15, 0.2) is 0 Å². The molecule has 0 aliphatic heterocycles. The first-order chi connectivity index (χ1) is 8.11. The summed E-state index contributed by atoms with van der Waals surface area (Å²) in [5, 5.41) is 19.6. The van der Waals surface area contributed by atoms with Gasteiger partial charge in [0, 0.05) is 19.6 Å². The minimum Gasteiger partial charge on any atom is -0.480 e. The van der Waals surface area contributed by atoms with Gasteiger partial charge in [0.1, 0.15) is 12.6 Å². The summed E-state index contributed by atoms with van der Waals surface area (Å²) in [7, 11) is 0. The molecule has 0 saturated heterocycles. The van der Waals surface area contributed by atoms with Gasteiger partial charge in [-0.05, 0) is 6.42 Å². The van der Waals surface area contributed by atoms with Crippen molar-refractivity contribution in [2.45, 2.75) is 38.6 Å². The van der Waals surface area contributed by atoms with E-state index in [4.69, 9.17) is 14.9 Å². The lowest BCUT2D eigenvalue weighted by molar-refractivity contribution is -0.143. The quantitative estimate of drug-likeness (QED) is 0.477. The number of aliphatic hydroxyl groups is 1. The molecular formula is C11H21NO5. The van der Waals surface area contributed by atoms with Crippen molar-refractivity contribution in [3.63, 3.8) is 0 Å². The fourth-order valence-electron chi connectivity index (χ4n) is 1.24. The summed E-state index contributed by atoms with van der Waals surface area (Å²) in [6, 6.07) is -1.05. The maximum Gasteiger partial charge on any atom is 0.326 e. The summed E-state index contributed by atoms with van der Waals surface area (Å²) in [4.78, 5) is 22.0. The zero-order valence-electron chi connectivity index (χ0n) is 10.1. The smallest absolute Gasteiger partial charge is 0.326 e. The van der Waals surface area contributed by atoms with Gasteiger partial charge in [-0.15, -0.1) is 0 Å². The molecule has 1 atom stereocenters. The van der Waals surface area contributed by atoms with Crippen molar-refractivity contribution in [3.05, 3.63) is 0 Å². The van der Waals surface area contributed by atoms with E-state index < -0.39 is 17.9 Å². The topological polar surface area (TPSA) is 95.9 Å². The number of aliphatic carboxylic acids is 1. The van der Waals surface area contributed by atoms with E-state index in [1.165, 1.54) is 0 Å². The average molecular weight is 247 g/mol. The van der Waals surface area contributed by atoms with Gasteiger partial charge >= 0.3 is 5.97 Å². The Morgan fingerprint density at radius 1 is 1.35 bits per heavy atom. The molecule has 0 aromatic carbocycles. The molecule has 0 aliphatic carbocycles. The van der Waals surface area contributed by atoms with E-state index in [1.54, 1.807) is 0 Å². The molecule has 0 spiro atoms. The van der Waals surface area contributed by atoms with Gasteiger partial charge in [-0.3, -0.25) is 4.79 Å². The molecule has 0 radical (unpaired) electrons. The molecule has 17 heavy (non-hydrogen) atoms. The highest BCUT2D eigenvalue weighted by atomic mass is 16.5. The highest BCUT2D eigenvalue weighted by Crippen LogP contribution is 1.95. The second-order valence-corrected chi connectivity index (χ2v) is 3.73. The fourth-order valence-corrected chi connectivity index (χ4v) is 1.24. The van der Waals surface area contributed by atoms with E-state index in [-0.39, 0.29) is 19.6 Å². The number of ether oxygens (including phenoxy) is 1. The van der Waals surface area contributed by atoms with Crippen LogP contribution in [0.2, 0.25) is 0 Å². The molecule has 0 aromatic heterocycles. The van der Waals surface area contributed by atoms with Gasteiger partial charge in [-0.25, -0.2) is 4.79 Å². The monoisotopic (exact) mass is 247 g/mol. The van der Waals surface area contributed by atoms with Gasteiger partial charge in [0.25, 0.3) is 0 Å². The number of carboxylic acid groups (broad SMARTS) is 1. The predicted octanol–water partition coefficient (Wildman–Crippen LogP) is 0.145.